The van der Waals surface area contributed by atoms with Gasteiger partial charge < -0.3 is 9.64 Å². The molecule has 3 rings (SSSR count). The third kappa shape index (κ3) is 3.57. The smallest absolute Gasteiger partial charge is 0.410 e. The van der Waals surface area contributed by atoms with Crippen LogP contribution in [0.1, 0.15) is 51.0 Å². The highest BCUT2D eigenvalue weighted by Gasteiger charge is 2.43. The minimum Gasteiger partial charge on any atom is -0.445 e. The Bertz CT molecular complexity index is 543. The first-order valence-corrected chi connectivity index (χ1v) is 8.70. The van der Waals surface area contributed by atoms with E-state index in [2.05, 4.69) is 0 Å². The highest BCUT2D eigenvalue weighted by atomic mass is 16.6. The zero-order valence-electron chi connectivity index (χ0n) is 13.7. The maximum Gasteiger partial charge on any atom is 0.410 e. The van der Waals surface area contributed by atoms with E-state index in [-0.39, 0.29) is 24.1 Å². The van der Waals surface area contributed by atoms with Crippen LogP contribution in [0.15, 0.2) is 30.3 Å². The van der Waals surface area contributed by atoms with Gasteiger partial charge in [-0.05, 0) is 37.7 Å². The highest BCUT2D eigenvalue weighted by molar-refractivity contribution is 5.81. The Kier molecular flexibility index (Phi) is 4.99. The van der Waals surface area contributed by atoms with Gasteiger partial charge in [0.25, 0.3) is 0 Å². The molecular formula is C19H25NO3. The third-order valence-corrected chi connectivity index (χ3v) is 5.19. The van der Waals surface area contributed by atoms with Gasteiger partial charge in [0.05, 0.1) is 0 Å². The number of nitrogens with zero attached hydrogens (tertiary/aromatic N) is 1. The van der Waals surface area contributed by atoms with Crippen LogP contribution < -0.4 is 0 Å². The summed E-state index contributed by atoms with van der Waals surface area (Å²) >= 11 is 0. The van der Waals surface area contributed by atoms with Gasteiger partial charge in [0, 0.05) is 24.4 Å². The molecule has 2 unspecified atom stereocenters. The van der Waals surface area contributed by atoms with Gasteiger partial charge >= 0.3 is 6.09 Å². The Balaban J connectivity index is 1.63. The second-order valence-corrected chi connectivity index (χ2v) is 6.67. The van der Waals surface area contributed by atoms with Crippen LogP contribution in [0.3, 0.4) is 0 Å². The van der Waals surface area contributed by atoms with Crippen LogP contribution in [0.5, 0.6) is 0 Å². The van der Waals surface area contributed by atoms with Gasteiger partial charge in [-0.15, -0.1) is 0 Å². The van der Waals surface area contributed by atoms with Crippen LogP contribution in [-0.4, -0.2) is 28.9 Å². The summed E-state index contributed by atoms with van der Waals surface area (Å²) in [7, 11) is 0. The molecular weight excluding hydrogens is 290 g/mol. The van der Waals surface area contributed by atoms with E-state index >= 15 is 0 Å². The second-order valence-electron chi connectivity index (χ2n) is 6.67. The maximum atomic E-state index is 12.5. The molecule has 2 saturated heterocycles. The molecule has 0 spiro atoms. The van der Waals surface area contributed by atoms with Crippen molar-refractivity contribution in [1.29, 1.82) is 0 Å². The zero-order valence-corrected chi connectivity index (χ0v) is 13.7. The van der Waals surface area contributed by atoms with E-state index in [0.29, 0.717) is 18.8 Å². The molecule has 1 aromatic rings. The first-order chi connectivity index (χ1) is 11.2. The number of ether oxygens (including phenoxy) is 1. The van der Waals surface area contributed by atoms with E-state index in [4.69, 9.17) is 4.74 Å². The van der Waals surface area contributed by atoms with Crippen molar-refractivity contribution < 1.29 is 14.3 Å². The molecule has 0 N–H and O–H groups in total. The number of hydrogen-bond acceptors (Lipinski definition) is 3. The number of benzene rings is 1. The Labute approximate surface area is 137 Å². The van der Waals surface area contributed by atoms with Gasteiger partial charge in [0.2, 0.25) is 0 Å². The van der Waals surface area contributed by atoms with Gasteiger partial charge in [-0.25, -0.2) is 4.79 Å². The lowest BCUT2D eigenvalue weighted by molar-refractivity contribution is -0.126. The first kappa shape index (κ1) is 16.0. The van der Waals surface area contributed by atoms with E-state index in [1.54, 1.807) is 0 Å². The van der Waals surface area contributed by atoms with E-state index in [0.717, 1.165) is 37.7 Å². The van der Waals surface area contributed by atoms with Gasteiger partial charge in [0.15, 0.2) is 0 Å². The topological polar surface area (TPSA) is 46.6 Å². The fraction of sp³-hybridized carbons (Fsp3) is 0.579. The fourth-order valence-corrected chi connectivity index (χ4v) is 4.02. The molecule has 2 bridgehead atoms. The number of fused-ring (bicyclic) bond motifs is 2. The molecule has 2 fully saturated rings. The SMILES string of the molecule is CCC(=O)C1CC2CCCC(C1)N2C(=O)OCc1ccccc1. The number of carbonyl (C=O) groups excluding carboxylic acids is 2. The quantitative estimate of drug-likeness (QED) is 0.845. The van der Waals surface area contributed by atoms with E-state index in [1.807, 2.05) is 42.2 Å². The molecule has 0 aliphatic carbocycles. The van der Waals surface area contributed by atoms with Crippen LogP contribution in [0.2, 0.25) is 0 Å². The molecule has 0 saturated carbocycles. The average Bonchev–Trinajstić information content (AvgIpc) is 2.58. The zero-order chi connectivity index (χ0) is 16.2. The van der Waals surface area contributed by atoms with Crippen LogP contribution >= 0.6 is 0 Å². The average molecular weight is 315 g/mol. The molecule has 2 aliphatic heterocycles. The normalized spacial score (nSPS) is 26.7. The van der Waals surface area contributed by atoms with Crippen molar-refractivity contribution in [3.05, 3.63) is 35.9 Å². The van der Waals surface area contributed by atoms with Gasteiger partial charge in [-0.2, -0.15) is 0 Å². The lowest BCUT2D eigenvalue weighted by atomic mass is 9.76. The number of ketones is 1. The lowest BCUT2D eigenvalue weighted by Crippen LogP contribution is -2.55. The van der Waals surface area contributed by atoms with E-state index in [9.17, 15) is 9.59 Å². The van der Waals surface area contributed by atoms with Crippen molar-refractivity contribution in [1.82, 2.24) is 4.90 Å². The molecule has 4 heteroatoms. The van der Waals surface area contributed by atoms with Crippen LogP contribution in [0.4, 0.5) is 4.79 Å². The number of Topliss-reactive ketones (excluding diaryl/α,β-unsaturated/α-hetero) is 1. The highest BCUT2D eigenvalue weighted by Crippen LogP contribution is 2.38. The Morgan fingerprint density at radius 3 is 2.39 bits per heavy atom. The number of rotatable bonds is 4. The monoisotopic (exact) mass is 315 g/mol. The summed E-state index contributed by atoms with van der Waals surface area (Å²) in [5.74, 6) is 0.479. The Hall–Kier alpha value is -1.84. The lowest BCUT2D eigenvalue weighted by Gasteiger charge is -2.47. The summed E-state index contributed by atoms with van der Waals surface area (Å²) in [6, 6.07) is 10.1. The van der Waals surface area contributed by atoms with Crippen molar-refractivity contribution >= 4 is 11.9 Å². The maximum absolute atomic E-state index is 12.5. The summed E-state index contributed by atoms with van der Waals surface area (Å²) < 4.78 is 5.53. The first-order valence-electron chi connectivity index (χ1n) is 8.70. The molecule has 23 heavy (non-hydrogen) atoms. The summed E-state index contributed by atoms with van der Waals surface area (Å²) in [6.07, 6.45) is 5.13. The number of carbonyl (C=O) groups is 2. The van der Waals surface area contributed by atoms with E-state index < -0.39 is 0 Å². The standard InChI is InChI=1S/C19H25NO3/c1-2-18(21)15-11-16-9-6-10-17(12-15)20(16)19(22)23-13-14-7-4-3-5-8-14/h3-5,7-8,15-17H,2,6,9-13H2,1H3. The van der Waals surface area contributed by atoms with Crippen LogP contribution in [-0.2, 0) is 16.1 Å². The number of piperidine rings is 2. The van der Waals surface area contributed by atoms with Crippen molar-refractivity contribution in [3.63, 3.8) is 0 Å². The van der Waals surface area contributed by atoms with Crippen molar-refractivity contribution in [3.8, 4) is 0 Å². The molecule has 124 valence electrons. The summed E-state index contributed by atoms with van der Waals surface area (Å²) in [5.41, 5.74) is 1.00. The van der Waals surface area contributed by atoms with E-state index in [1.165, 1.54) is 0 Å². The predicted molar refractivity (Wildman–Crippen MR) is 87.9 cm³/mol. The van der Waals surface area contributed by atoms with Gasteiger partial charge in [0.1, 0.15) is 12.4 Å². The summed E-state index contributed by atoms with van der Waals surface area (Å²) in [4.78, 5) is 26.5. The molecule has 0 radical (unpaired) electrons. The molecule has 4 nitrogen and oxygen atoms in total. The molecule has 2 heterocycles. The predicted octanol–water partition coefficient (Wildman–Crippen LogP) is 3.94. The van der Waals surface area contributed by atoms with Gasteiger partial charge in [-0.3, -0.25) is 4.79 Å². The van der Waals surface area contributed by atoms with Crippen molar-refractivity contribution in [2.75, 3.05) is 0 Å². The van der Waals surface area contributed by atoms with Gasteiger partial charge in [-0.1, -0.05) is 37.3 Å². The number of amides is 1. The van der Waals surface area contributed by atoms with Crippen LogP contribution in [0.25, 0.3) is 0 Å². The molecule has 0 aromatic heterocycles. The Morgan fingerprint density at radius 1 is 1.13 bits per heavy atom. The minimum atomic E-state index is -0.217. The molecule has 2 aliphatic rings. The largest absolute Gasteiger partial charge is 0.445 e. The molecule has 2 atom stereocenters. The molecule has 1 amide bonds. The van der Waals surface area contributed by atoms with Crippen molar-refractivity contribution in [2.45, 2.75) is 64.1 Å². The second kappa shape index (κ2) is 7.16. The third-order valence-electron chi connectivity index (χ3n) is 5.19. The van der Waals surface area contributed by atoms with Crippen LogP contribution in [0, 0.1) is 5.92 Å². The fourth-order valence-electron chi connectivity index (χ4n) is 4.02. The Morgan fingerprint density at radius 2 is 1.78 bits per heavy atom. The summed E-state index contributed by atoms with van der Waals surface area (Å²) in [6.45, 7) is 2.24. The summed E-state index contributed by atoms with van der Waals surface area (Å²) in [5, 5.41) is 0. The molecule has 1 aromatic carbocycles. The van der Waals surface area contributed by atoms with Crippen molar-refractivity contribution in [2.24, 2.45) is 5.92 Å². The minimum absolute atomic E-state index is 0.133. The number of hydrogen-bond donors (Lipinski definition) is 0.